The van der Waals surface area contributed by atoms with Crippen molar-refractivity contribution in [2.24, 2.45) is 0 Å². The largest absolute Gasteiger partial charge is 0.495 e. The molecule has 0 aliphatic rings. The monoisotopic (exact) mass is 305 g/mol. The summed E-state index contributed by atoms with van der Waals surface area (Å²) < 4.78 is 17.8. The van der Waals surface area contributed by atoms with Gasteiger partial charge in [-0.25, -0.2) is 4.39 Å². The van der Waals surface area contributed by atoms with Crippen LogP contribution in [0.1, 0.15) is 5.56 Å². The third kappa shape index (κ3) is 4.33. The first-order valence-corrected chi connectivity index (χ1v) is 6.54. The number of hydrogen-bond acceptors (Lipinski definition) is 2. The molecule has 0 saturated heterocycles. The Labute approximate surface area is 127 Å². The van der Waals surface area contributed by atoms with E-state index in [1.807, 2.05) is 0 Å². The Bertz CT molecular complexity index is 668. The molecule has 3 nitrogen and oxygen atoms in total. The zero-order valence-corrected chi connectivity index (χ0v) is 12.0. The molecule has 108 valence electrons. The number of anilines is 1. The lowest BCUT2D eigenvalue weighted by atomic mass is 10.2. The van der Waals surface area contributed by atoms with Crippen LogP contribution in [0.5, 0.6) is 5.75 Å². The number of ether oxygens (including phenoxy) is 1. The smallest absolute Gasteiger partial charge is 0.248 e. The average molecular weight is 306 g/mol. The molecule has 0 saturated carbocycles. The average Bonchev–Trinajstić information content (AvgIpc) is 2.47. The van der Waals surface area contributed by atoms with Crippen LogP contribution in [0.3, 0.4) is 0 Å². The normalized spacial score (nSPS) is 10.6. The summed E-state index contributed by atoms with van der Waals surface area (Å²) in [6, 6.07) is 10.8. The number of benzene rings is 2. The van der Waals surface area contributed by atoms with Gasteiger partial charge in [-0.15, -0.1) is 0 Å². The highest BCUT2D eigenvalue weighted by molar-refractivity contribution is 6.32. The molecule has 2 aromatic carbocycles. The van der Waals surface area contributed by atoms with Gasteiger partial charge >= 0.3 is 0 Å². The molecule has 0 heterocycles. The summed E-state index contributed by atoms with van der Waals surface area (Å²) in [6.07, 6.45) is 2.96. The van der Waals surface area contributed by atoms with E-state index in [4.69, 9.17) is 16.3 Å². The fraction of sp³-hybridized carbons (Fsp3) is 0.0625. The molecular weight excluding hydrogens is 293 g/mol. The van der Waals surface area contributed by atoms with Crippen LogP contribution in [0.15, 0.2) is 48.5 Å². The first kappa shape index (κ1) is 15.1. The molecule has 0 unspecified atom stereocenters. The molecule has 0 aliphatic heterocycles. The van der Waals surface area contributed by atoms with Crippen molar-refractivity contribution in [3.8, 4) is 5.75 Å². The molecule has 2 aromatic rings. The van der Waals surface area contributed by atoms with E-state index >= 15 is 0 Å². The molecule has 0 radical (unpaired) electrons. The maximum absolute atomic E-state index is 12.7. The number of rotatable bonds is 4. The van der Waals surface area contributed by atoms with E-state index < -0.39 is 0 Å². The second-order valence-corrected chi connectivity index (χ2v) is 4.63. The Morgan fingerprint density at radius 2 is 1.95 bits per heavy atom. The van der Waals surface area contributed by atoms with E-state index in [9.17, 15) is 9.18 Å². The van der Waals surface area contributed by atoms with Gasteiger partial charge in [0.2, 0.25) is 5.91 Å². The minimum absolute atomic E-state index is 0.305. The van der Waals surface area contributed by atoms with Gasteiger partial charge < -0.3 is 10.1 Å². The topological polar surface area (TPSA) is 38.3 Å². The quantitative estimate of drug-likeness (QED) is 0.862. The van der Waals surface area contributed by atoms with E-state index in [0.29, 0.717) is 16.5 Å². The van der Waals surface area contributed by atoms with Crippen molar-refractivity contribution in [1.82, 2.24) is 0 Å². The molecule has 0 spiro atoms. The second-order valence-electron chi connectivity index (χ2n) is 4.22. The molecule has 0 atom stereocenters. The van der Waals surface area contributed by atoms with Gasteiger partial charge in [0.25, 0.3) is 0 Å². The zero-order chi connectivity index (χ0) is 15.2. The molecule has 5 heteroatoms. The van der Waals surface area contributed by atoms with Crippen LogP contribution in [-0.2, 0) is 4.79 Å². The van der Waals surface area contributed by atoms with Gasteiger partial charge in [0.15, 0.2) is 0 Å². The number of hydrogen-bond donors (Lipinski definition) is 1. The highest BCUT2D eigenvalue weighted by Gasteiger charge is 2.03. The molecule has 0 fully saturated rings. The van der Waals surface area contributed by atoms with E-state index in [1.54, 1.807) is 36.4 Å². The van der Waals surface area contributed by atoms with Gasteiger partial charge in [-0.2, -0.15) is 0 Å². The molecule has 0 bridgehead atoms. The van der Waals surface area contributed by atoms with E-state index in [1.165, 1.54) is 25.3 Å². The summed E-state index contributed by atoms with van der Waals surface area (Å²) in [7, 11) is 1.52. The van der Waals surface area contributed by atoms with Gasteiger partial charge in [0, 0.05) is 11.8 Å². The summed E-state index contributed by atoms with van der Waals surface area (Å²) in [4.78, 5) is 11.8. The maximum atomic E-state index is 12.7. The SMILES string of the molecule is COc1ccc(NC(=O)C=Cc2ccc(F)cc2)cc1Cl. The number of nitrogens with one attached hydrogen (secondary N) is 1. The molecule has 1 N–H and O–H groups in total. The van der Waals surface area contributed by atoms with Crippen LogP contribution in [0.2, 0.25) is 5.02 Å². The third-order valence-corrected chi connectivity index (χ3v) is 3.01. The number of amides is 1. The summed E-state index contributed by atoms with van der Waals surface area (Å²) in [5.41, 5.74) is 1.30. The minimum Gasteiger partial charge on any atom is -0.495 e. The minimum atomic E-state index is -0.315. The maximum Gasteiger partial charge on any atom is 0.248 e. The van der Waals surface area contributed by atoms with Crippen molar-refractivity contribution in [2.45, 2.75) is 0 Å². The highest BCUT2D eigenvalue weighted by Crippen LogP contribution is 2.27. The lowest BCUT2D eigenvalue weighted by Crippen LogP contribution is -2.07. The third-order valence-electron chi connectivity index (χ3n) is 2.72. The van der Waals surface area contributed by atoms with Gasteiger partial charge in [0.05, 0.1) is 12.1 Å². The van der Waals surface area contributed by atoms with Gasteiger partial charge in [0.1, 0.15) is 11.6 Å². The summed E-state index contributed by atoms with van der Waals surface area (Å²) in [5, 5.41) is 3.09. The molecule has 0 aliphatic carbocycles. The fourth-order valence-corrected chi connectivity index (χ4v) is 1.93. The zero-order valence-electron chi connectivity index (χ0n) is 11.3. The lowest BCUT2D eigenvalue weighted by Gasteiger charge is -2.06. The van der Waals surface area contributed by atoms with E-state index in [-0.39, 0.29) is 11.7 Å². The van der Waals surface area contributed by atoms with Gasteiger partial charge in [-0.05, 0) is 42.0 Å². The molecule has 21 heavy (non-hydrogen) atoms. The van der Waals surface area contributed by atoms with Crippen LogP contribution in [0.4, 0.5) is 10.1 Å². The van der Waals surface area contributed by atoms with Crippen molar-refractivity contribution in [1.29, 1.82) is 0 Å². The number of halogens is 2. The van der Waals surface area contributed by atoms with Crippen molar-refractivity contribution in [3.63, 3.8) is 0 Å². The summed E-state index contributed by atoms with van der Waals surface area (Å²) in [6.45, 7) is 0. The Hall–Kier alpha value is -2.33. The van der Waals surface area contributed by atoms with Crippen LogP contribution in [0, 0.1) is 5.82 Å². The first-order valence-electron chi connectivity index (χ1n) is 6.16. The Morgan fingerprint density at radius 3 is 2.57 bits per heavy atom. The summed E-state index contributed by atoms with van der Waals surface area (Å²) >= 11 is 5.97. The van der Waals surface area contributed by atoms with Crippen LogP contribution in [0.25, 0.3) is 6.08 Å². The van der Waals surface area contributed by atoms with Crippen LogP contribution < -0.4 is 10.1 Å². The van der Waals surface area contributed by atoms with E-state index in [2.05, 4.69) is 5.32 Å². The van der Waals surface area contributed by atoms with E-state index in [0.717, 1.165) is 5.56 Å². The van der Waals surface area contributed by atoms with Gasteiger partial charge in [-0.3, -0.25) is 4.79 Å². The predicted octanol–water partition coefficient (Wildman–Crippen LogP) is 4.14. The Balaban J connectivity index is 2.01. The van der Waals surface area contributed by atoms with Crippen molar-refractivity contribution in [2.75, 3.05) is 12.4 Å². The molecule has 1 amide bonds. The van der Waals surface area contributed by atoms with Crippen molar-refractivity contribution < 1.29 is 13.9 Å². The molecule has 0 aromatic heterocycles. The standard InChI is InChI=1S/C16H13ClFNO2/c1-21-15-8-7-13(10-14(15)17)19-16(20)9-4-11-2-5-12(18)6-3-11/h2-10H,1H3,(H,19,20). The number of methoxy groups -OCH3 is 1. The van der Waals surface area contributed by atoms with Crippen molar-refractivity contribution in [3.05, 3.63) is 64.9 Å². The molecule has 2 rings (SSSR count). The van der Waals surface area contributed by atoms with Gasteiger partial charge in [-0.1, -0.05) is 23.7 Å². The van der Waals surface area contributed by atoms with Crippen LogP contribution >= 0.6 is 11.6 Å². The predicted molar refractivity (Wildman–Crippen MR) is 82.1 cm³/mol. The fourth-order valence-electron chi connectivity index (χ4n) is 1.67. The van der Waals surface area contributed by atoms with Crippen LogP contribution in [-0.4, -0.2) is 13.0 Å². The first-order chi connectivity index (χ1) is 10.1. The highest BCUT2D eigenvalue weighted by atomic mass is 35.5. The molecular formula is C16H13ClFNO2. The number of carbonyl (C=O) groups excluding carboxylic acids is 1. The number of carbonyl (C=O) groups is 1. The Morgan fingerprint density at radius 1 is 1.24 bits per heavy atom. The Kier molecular flexibility index (Phi) is 4.95. The summed E-state index contributed by atoms with van der Waals surface area (Å²) in [5.74, 6) is -0.0819. The van der Waals surface area contributed by atoms with Crippen molar-refractivity contribution >= 4 is 29.3 Å². The lowest BCUT2D eigenvalue weighted by molar-refractivity contribution is -0.111. The second kappa shape index (κ2) is 6.90.